The highest BCUT2D eigenvalue weighted by molar-refractivity contribution is 7.58. The zero-order chi connectivity index (χ0) is 21.5. The summed E-state index contributed by atoms with van der Waals surface area (Å²) in [5.41, 5.74) is 6.89. The van der Waals surface area contributed by atoms with Gasteiger partial charge in [-0.3, -0.25) is 4.57 Å². The zero-order valence-electron chi connectivity index (χ0n) is 17.5. The Labute approximate surface area is 175 Å². The fourth-order valence-electron chi connectivity index (χ4n) is 5.55. The van der Waals surface area contributed by atoms with Crippen LogP contribution in [0.25, 0.3) is 11.2 Å². The first-order chi connectivity index (χ1) is 14.1. The lowest BCUT2D eigenvalue weighted by Crippen LogP contribution is -2.33. The molecule has 1 saturated heterocycles. The third kappa shape index (κ3) is 2.82. The fraction of sp³-hybridized carbons (Fsp3) is 0.650. The van der Waals surface area contributed by atoms with Crippen molar-refractivity contribution < 1.29 is 18.6 Å². The Morgan fingerprint density at radius 2 is 2.20 bits per heavy atom. The molecule has 2 aromatic rings. The van der Waals surface area contributed by atoms with Crippen molar-refractivity contribution in [1.82, 2.24) is 19.5 Å². The number of nitrogen functional groups attached to an aromatic ring is 1. The molecule has 0 spiro atoms. The van der Waals surface area contributed by atoms with Gasteiger partial charge in [-0.1, -0.05) is 0 Å². The second-order valence-corrected chi connectivity index (χ2v) is 11.6. The Bertz CT molecular complexity index is 1120. The number of nitrogens with zero attached hydrogens (tertiary/aromatic N) is 4. The number of anilines is 1. The highest BCUT2D eigenvalue weighted by atomic mass is 31.2. The SMILES string of the molecule is C#Cc1nc(N)c2ncn([C@H]3C4OC(C)(C)OC4[C@]4(CP(C)(=O)OCC)C[C@H]34)c2n1. The average Bonchev–Trinajstić information content (AvgIpc) is 2.93. The number of hydrogen-bond donors (Lipinski definition) is 1. The van der Waals surface area contributed by atoms with E-state index in [0.29, 0.717) is 23.9 Å². The van der Waals surface area contributed by atoms with Gasteiger partial charge in [-0.25, -0.2) is 15.0 Å². The highest BCUT2D eigenvalue weighted by Gasteiger charge is 2.76. The summed E-state index contributed by atoms with van der Waals surface area (Å²) >= 11 is 0. The van der Waals surface area contributed by atoms with E-state index in [1.807, 2.05) is 25.3 Å². The summed E-state index contributed by atoms with van der Waals surface area (Å²) in [4.78, 5) is 13.0. The van der Waals surface area contributed by atoms with Gasteiger partial charge < -0.3 is 24.3 Å². The van der Waals surface area contributed by atoms with Crippen LogP contribution in [0.4, 0.5) is 5.82 Å². The van der Waals surface area contributed by atoms with Crippen LogP contribution in [0.5, 0.6) is 0 Å². The molecule has 0 radical (unpaired) electrons. The van der Waals surface area contributed by atoms with Crippen LogP contribution in [0.2, 0.25) is 0 Å². The molecule has 2 N–H and O–H groups in total. The van der Waals surface area contributed by atoms with Gasteiger partial charge >= 0.3 is 0 Å². The second-order valence-electron chi connectivity index (χ2n) is 9.05. The Balaban J connectivity index is 1.59. The lowest BCUT2D eigenvalue weighted by Gasteiger charge is -2.25. The van der Waals surface area contributed by atoms with E-state index in [0.717, 1.165) is 6.42 Å². The molecule has 10 heteroatoms. The molecule has 3 fully saturated rings. The van der Waals surface area contributed by atoms with Crippen molar-refractivity contribution in [2.75, 3.05) is 25.2 Å². The number of imidazole rings is 1. The Hall–Kier alpha value is -1.98. The minimum atomic E-state index is -2.76. The third-order valence-electron chi connectivity index (χ3n) is 6.51. The van der Waals surface area contributed by atoms with E-state index in [2.05, 4.69) is 20.9 Å². The van der Waals surface area contributed by atoms with Gasteiger partial charge in [0.25, 0.3) is 0 Å². The van der Waals surface area contributed by atoms with E-state index in [1.165, 1.54) is 0 Å². The summed E-state index contributed by atoms with van der Waals surface area (Å²) in [6.45, 7) is 7.81. The van der Waals surface area contributed by atoms with Crippen LogP contribution in [0.3, 0.4) is 0 Å². The monoisotopic (exact) mass is 431 g/mol. The first kappa shape index (κ1) is 20.0. The van der Waals surface area contributed by atoms with Gasteiger partial charge in [-0.15, -0.1) is 6.42 Å². The minimum Gasteiger partial charge on any atom is -0.382 e. The molecule has 2 aromatic heterocycles. The van der Waals surface area contributed by atoms with E-state index in [9.17, 15) is 4.57 Å². The molecule has 30 heavy (non-hydrogen) atoms. The van der Waals surface area contributed by atoms with Crippen LogP contribution < -0.4 is 5.73 Å². The normalized spacial score (nSPS) is 35.6. The molecule has 3 aliphatic rings. The van der Waals surface area contributed by atoms with Gasteiger partial charge in [-0.2, -0.15) is 0 Å². The number of aromatic nitrogens is 4. The smallest absolute Gasteiger partial charge is 0.208 e. The molecule has 0 amide bonds. The van der Waals surface area contributed by atoms with Crippen molar-refractivity contribution >= 4 is 24.4 Å². The first-order valence-electron chi connectivity index (χ1n) is 10.1. The van der Waals surface area contributed by atoms with Crippen LogP contribution in [0.1, 0.15) is 39.1 Å². The summed E-state index contributed by atoms with van der Waals surface area (Å²) in [7, 11) is -2.76. The predicted octanol–water partition coefficient (Wildman–Crippen LogP) is 2.42. The molecule has 2 aliphatic carbocycles. The van der Waals surface area contributed by atoms with E-state index >= 15 is 0 Å². The summed E-state index contributed by atoms with van der Waals surface area (Å²) in [6, 6.07) is -0.0803. The number of fused-ring (bicyclic) bond motifs is 4. The van der Waals surface area contributed by atoms with Gasteiger partial charge in [0.2, 0.25) is 13.2 Å². The molecule has 0 bridgehead atoms. The maximum absolute atomic E-state index is 13.1. The van der Waals surface area contributed by atoms with E-state index in [1.54, 1.807) is 13.0 Å². The van der Waals surface area contributed by atoms with Gasteiger partial charge in [0.05, 0.1) is 25.1 Å². The molecule has 6 atom stereocenters. The molecule has 9 nitrogen and oxygen atoms in total. The minimum absolute atomic E-state index is 0.0803. The first-order valence-corrected chi connectivity index (χ1v) is 12.4. The molecular weight excluding hydrogens is 405 g/mol. The summed E-state index contributed by atoms with van der Waals surface area (Å²) < 4.78 is 33.3. The molecule has 5 rings (SSSR count). The highest BCUT2D eigenvalue weighted by Crippen LogP contribution is 2.75. The van der Waals surface area contributed by atoms with Gasteiger partial charge in [-0.05, 0) is 39.0 Å². The lowest BCUT2D eigenvalue weighted by atomic mass is 10.0. The van der Waals surface area contributed by atoms with Gasteiger partial charge in [0, 0.05) is 18.2 Å². The molecule has 1 aliphatic heterocycles. The van der Waals surface area contributed by atoms with Crippen LogP contribution in [-0.4, -0.2) is 56.9 Å². The number of rotatable bonds is 5. The number of nitrogens with two attached hydrogens (primary N) is 1. The van der Waals surface area contributed by atoms with Crippen LogP contribution >= 0.6 is 7.37 Å². The second kappa shape index (κ2) is 6.27. The molecule has 0 aromatic carbocycles. The van der Waals surface area contributed by atoms with Crippen molar-refractivity contribution in [2.45, 2.75) is 51.2 Å². The largest absolute Gasteiger partial charge is 0.382 e. The summed E-state index contributed by atoms with van der Waals surface area (Å²) in [5, 5.41) is 0. The number of ether oxygens (including phenoxy) is 2. The van der Waals surface area contributed by atoms with Crippen molar-refractivity contribution in [1.29, 1.82) is 0 Å². The van der Waals surface area contributed by atoms with Crippen LogP contribution in [0.15, 0.2) is 6.33 Å². The quantitative estimate of drug-likeness (QED) is 0.567. The maximum atomic E-state index is 13.1. The topological polar surface area (TPSA) is 114 Å². The Morgan fingerprint density at radius 1 is 1.43 bits per heavy atom. The summed E-state index contributed by atoms with van der Waals surface area (Å²) in [6.07, 6.45) is 8.17. The zero-order valence-corrected chi connectivity index (χ0v) is 18.4. The van der Waals surface area contributed by atoms with Gasteiger partial charge in [0.15, 0.2) is 17.3 Å². The molecule has 3 unspecified atom stereocenters. The summed E-state index contributed by atoms with van der Waals surface area (Å²) in [5.74, 6) is 2.40. The molecule has 2 saturated carbocycles. The molecular formula is C20H26N5O4P. The van der Waals surface area contributed by atoms with Crippen molar-refractivity contribution in [2.24, 2.45) is 11.3 Å². The fourth-order valence-corrected chi connectivity index (χ4v) is 7.80. The number of hydrogen-bond acceptors (Lipinski definition) is 8. The average molecular weight is 431 g/mol. The third-order valence-corrected chi connectivity index (χ3v) is 8.47. The van der Waals surface area contributed by atoms with Crippen LogP contribution in [0, 0.1) is 23.7 Å². The van der Waals surface area contributed by atoms with Crippen molar-refractivity contribution in [3.63, 3.8) is 0 Å². The van der Waals surface area contributed by atoms with Crippen molar-refractivity contribution in [3.05, 3.63) is 12.2 Å². The Morgan fingerprint density at radius 3 is 2.90 bits per heavy atom. The van der Waals surface area contributed by atoms with Crippen LogP contribution in [-0.2, 0) is 18.6 Å². The Kier molecular flexibility index (Phi) is 4.17. The molecule has 160 valence electrons. The van der Waals surface area contributed by atoms with Gasteiger partial charge in [0.1, 0.15) is 11.6 Å². The molecule has 3 heterocycles. The van der Waals surface area contributed by atoms with E-state index < -0.39 is 13.2 Å². The van der Waals surface area contributed by atoms with Crippen molar-refractivity contribution in [3.8, 4) is 12.3 Å². The lowest BCUT2D eigenvalue weighted by molar-refractivity contribution is -0.160. The maximum Gasteiger partial charge on any atom is 0.208 e. The predicted molar refractivity (Wildman–Crippen MR) is 111 cm³/mol. The standard InChI is InChI=1S/C20H26N5O4P/c1-6-12-23-17(21)13-18(24-12)25(10-22-13)14-11-8-20(11,9-30(5,26)27-7-2)16-15(14)28-19(3,4)29-16/h1,10-11,14-16H,7-9H2,2-5H3,(H2,21,23,24)/t11-,14-,15?,16?,20+,30?/m1/s1. The van der Waals surface area contributed by atoms with E-state index in [4.69, 9.17) is 26.2 Å². The van der Waals surface area contributed by atoms with E-state index in [-0.39, 0.29) is 41.2 Å². The number of terminal acetylenes is 1.